The summed E-state index contributed by atoms with van der Waals surface area (Å²) < 4.78 is 1.02. The number of carbonyl (C=O) groups excluding carboxylic acids is 1. The molecule has 0 aliphatic heterocycles. The third kappa shape index (κ3) is 2.98. The summed E-state index contributed by atoms with van der Waals surface area (Å²) in [5.41, 5.74) is 2.08. The average Bonchev–Trinajstić information content (AvgIpc) is 2.07. The molecule has 1 nitrogen and oxygen atoms in total. The maximum absolute atomic E-state index is 10.5. The third-order valence-corrected chi connectivity index (χ3v) is 2.69. The lowest BCUT2D eigenvalue weighted by molar-refractivity contribution is -0.107. The molecule has 0 bridgehead atoms. The Kier molecular flexibility index (Phi) is 3.70. The second kappa shape index (κ2) is 4.58. The van der Waals surface area contributed by atoms with Gasteiger partial charge < -0.3 is 0 Å². The van der Waals surface area contributed by atoms with Crippen LogP contribution in [-0.2, 0) is 4.79 Å². The first-order chi connectivity index (χ1) is 6.11. The lowest BCUT2D eigenvalue weighted by atomic mass is 10.1. The highest BCUT2D eigenvalue weighted by molar-refractivity contribution is 9.10. The van der Waals surface area contributed by atoms with Gasteiger partial charge in [0.05, 0.1) is 0 Å². The molecule has 0 saturated heterocycles. The Bertz CT molecular complexity index is 358. The molecule has 68 valence electrons. The van der Waals surface area contributed by atoms with Gasteiger partial charge in [-0.05, 0) is 47.9 Å². The summed E-state index contributed by atoms with van der Waals surface area (Å²) in [4.78, 5) is 10.5. The van der Waals surface area contributed by atoms with E-state index in [4.69, 9.17) is 11.6 Å². The fourth-order valence-corrected chi connectivity index (χ4v) is 1.40. The number of hydrogen-bond acceptors (Lipinski definition) is 1. The number of carbonyl (C=O) groups is 1. The molecule has 0 heterocycles. The van der Waals surface area contributed by atoms with Crippen molar-refractivity contribution < 1.29 is 4.79 Å². The van der Waals surface area contributed by atoms with Crippen molar-refractivity contribution >= 4 is 38.8 Å². The SMILES string of the molecule is Cc1c(Br)cccc1C=CC(=O)Cl. The van der Waals surface area contributed by atoms with Crippen LogP contribution >= 0.6 is 27.5 Å². The van der Waals surface area contributed by atoms with Gasteiger partial charge in [-0.2, -0.15) is 0 Å². The predicted octanol–water partition coefficient (Wildman–Crippen LogP) is 3.54. The summed E-state index contributed by atoms with van der Waals surface area (Å²) in [7, 11) is 0. The highest BCUT2D eigenvalue weighted by Crippen LogP contribution is 2.20. The molecule has 0 unspecified atom stereocenters. The van der Waals surface area contributed by atoms with Gasteiger partial charge in [0.1, 0.15) is 0 Å². The molecule has 0 fully saturated rings. The van der Waals surface area contributed by atoms with Crippen molar-refractivity contribution in [2.45, 2.75) is 6.92 Å². The zero-order valence-electron chi connectivity index (χ0n) is 7.05. The molecule has 0 aromatic heterocycles. The van der Waals surface area contributed by atoms with Gasteiger partial charge in [0.25, 0.3) is 0 Å². The minimum atomic E-state index is -0.459. The Morgan fingerprint density at radius 2 is 2.23 bits per heavy atom. The molecule has 13 heavy (non-hydrogen) atoms. The molecule has 0 atom stereocenters. The highest BCUT2D eigenvalue weighted by Gasteiger charge is 1.97. The largest absolute Gasteiger partial charge is 0.276 e. The maximum atomic E-state index is 10.5. The third-order valence-electron chi connectivity index (χ3n) is 1.70. The lowest BCUT2D eigenvalue weighted by Gasteiger charge is -2.01. The first-order valence-electron chi connectivity index (χ1n) is 3.74. The molecule has 0 amide bonds. The monoisotopic (exact) mass is 258 g/mol. The van der Waals surface area contributed by atoms with E-state index in [1.807, 2.05) is 25.1 Å². The van der Waals surface area contributed by atoms with E-state index in [2.05, 4.69) is 15.9 Å². The number of allylic oxidation sites excluding steroid dienone is 1. The Balaban J connectivity index is 3.02. The van der Waals surface area contributed by atoms with Gasteiger partial charge in [-0.3, -0.25) is 4.79 Å². The second-order valence-corrected chi connectivity index (χ2v) is 3.82. The Hall–Kier alpha value is -0.600. The summed E-state index contributed by atoms with van der Waals surface area (Å²) in [5, 5.41) is -0.459. The van der Waals surface area contributed by atoms with Crippen molar-refractivity contribution in [1.29, 1.82) is 0 Å². The highest BCUT2D eigenvalue weighted by atomic mass is 79.9. The van der Waals surface area contributed by atoms with E-state index in [1.165, 1.54) is 6.08 Å². The van der Waals surface area contributed by atoms with Gasteiger partial charge >= 0.3 is 0 Å². The van der Waals surface area contributed by atoms with E-state index in [0.29, 0.717) is 0 Å². The summed E-state index contributed by atoms with van der Waals surface area (Å²) in [5.74, 6) is 0. The second-order valence-electron chi connectivity index (χ2n) is 2.59. The van der Waals surface area contributed by atoms with E-state index in [1.54, 1.807) is 6.08 Å². The molecule has 3 heteroatoms. The number of benzene rings is 1. The molecule has 1 aromatic rings. The van der Waals surface area contributed by atoms with E-state index in [-0.39, 0.29) is 0 Å². The molecule has 0 aliphatic rings. The minimum Gasteiger partial charge on any atom is -0.276 e. The molecular formula is C10H8BrClO. The number of hydrogen-bond donors (Lipinski definition) is 0. The summed E-state index contributed by atoms with van der Waals surface area (Å²) in [6.45, 7) is 1.97. The van der Waals surface area contributed by atoms with E-state index >= 15 is 0 Å². The molecule has 0 spiro atoms. The van der Waals surface area contributed by atoms with Crippen LogP contribution in [0.15, 0.2) is 28.7 Å². The fraction of sp³-hybridized carbons (Fsp3) is 0.100. The molecular weight excluding hydrogens is 251 g/mol. The van der Waals surface area contributed by atoms with E-state index in [9.17, 15) is 4.79 Å². The Morgan fingerprint density at radius 1 is 1.54 bits per heavy atom. The van der Waals surface area contributed by atoms with E-state index < -0.39 is 5.24 Å². The fourth-order valence-electron chi connectivity index (χ4n) is 0.960. The lowest BCUT2D eigenvalue weighted by Crippen LogP contribution is -1.82. The first-order valence-corrected chi connectivity index (χ1v) is 4.91. The molecule has 0 saturated carbocycles. The Labute approximate surface area is 90.5 Å². The van der Waals surface area contributed by atoms with Crippen molar-refractivity contribution in [3.63, 3.8) is 0 Å². The van der Waals surface area contributed by atoms with Crippen LogP contribution in [0.3, 0.4) is 0 Å². The van der Waals surface area contributed by atoms with Crippen LogP contribution in [-0.4, -0.2) is 5.24 Å². The zero-order chi connectivity index (χ0) is 9.84. The Morgan fingerprint density at radius 3 is 2.85 bits per heavy atom. The van der Waals surface area contributed by atoms with Gasteiger partial charge in [0.15, 0.2) is 0 Å². The van der Waals surface area contributed by atoms with Crippen LogP contribution in [0.1, 0.15) is 11.1 Å². The van der Waals surface area contributed by atoms with Gasteiger partial charge in [-0.15, -0.1) is 0 Å². The molecule has 0 aliphatic carbocycles. The first kappa shape index (κ1) is 10.5. The molecule has 1 rings (SSSR count). The van der Waals surface area contributed by atoms with Crippen LogP contribution in [0.2, 0.25) is 0 Å². The number of rotatable bonds is 2. The zero-order valence-corrected chi connectivity index (χ0v) is 9.39. The standard InChI is InChI=1S/C10H8BrClO/c1-7-8(5-6-10(12)13)3-2-4-9(7)11/h2-6H,1H3. The van der Waals surface area contributed by atoms with E-state index in [0.717, 1.165) is 15.6 Å². The predicted molar refractivity (Wildman–Crippen MR) is 58.8 cm³/mol. The molecule has 0 N–H and O–H groups in total. The van der Waals surface area contributed by atoms with Crippen molar-refractivity contribution in [2.24, 2.45) is 0 Å². The van der Waals surface area contributed by atoms with Crippen LogP contribution in [0.4, 0.5) is 0 Å². The average molecular weight is 260 g/mol. The van der Waals surface area contributed by atoms with Crippen molar-refractivity contribution in [1.82, 2.24) is 0 Å². The van der Waals surface area contributed by atoms with Gasteiger partial charge in [-0.1, -0.05) is 28.1 Å². The van der Waals surface area contributed by atoms with Crippen molar-refractivity contribution in [2.75, 3.05) is 0 Å². The van der Waals surface area contributed by atoms with Crippen LogP contribution in [0.5, 0.6) is 0 Å². The normalized spacial score (nSPS) is 10.7. The smallest absolute Gasteiger partial charge is 0.245 e. The summed E-state index contributed by atoms with van der Waals surface area (Å²) in [6, 6.07) is 5.79. The van der Waals surface area contributed by atoms with Gasteiger partial charge in [-0.25, -0.2) is 0 Å². The van der Waals surface area contributed by atoms with Gasteiger partial charge in [0, 0.05) is 4.47 Å². The van der Waals surface area contributed by atoms with Crippen LogP contribution in [0, 0.1) is 6.92 Å². The minimum absolute atomic E-state index is 0.459. The van der Waals surface area contributed by atoms with Gasteiger partial charge in [0.2, 0.25) is 5.24 Å². The topological polar surface area (TPSA) is 17.1 Å². The summed E-state index contributed by atoms with van der Waals surface area (Å²) in [6.07, 6.45) is 3.05. The number of halogens is 2. The molecule has 0 radical (unpaired) electrons. The summed E-state index contributed by atoms with van der Waals surface area (Å²) >= 11 is 8.58. The van der Waals surface area contributed by atoms with Crippen LogP contribution < -0.4 is 0 Å². The van der Waals surface area contributed by atoms with Crippen molar-refractivity contribution in [3.05, 3.63) is 39.9 Å². The van der Waals surface area contributed by atoms with Crippen LogP contribution in [0.25, 0.3) is 6.08 Å². The van der Waals surface area contributed by atoms with Crippen molar-refractivity contribution in [3.8, 4) is 0 Å². The maximum Gasteiger partial charge on any atom is 0.245 e. The quantitative estimate of drug-likeness (QED) is 0.586. The molecule has 1 aromatic carbocycles.